The maximum Gasteiger partial charge on any atom is 0.251 e. The summed E-state index contributed by atoms with van der Waals surface area (Å²) in [5.74, 6) is 0.601. The van der Waals surface area contributed by atoms with E-state index in [1.165, 1.54) is 0 Å². The minimum atomic E-state index is -0.244. The number of methoxy groups -OCH3 is 1. The lowest BCUT2D eigenvalue weighted by Crippen LogP contribution is -2.47. The summed E-state index contributed by atoms with van der Waals surface area (Å²) in [6.07, 6.45) is 2.85. The molecule has 2 aliphatic rings. The van der Waals surface area contributed by atoms with Crippen molar-refractivity contribution < 1.29 is 14.3 Å². The van der Waals surface area contributed by atoms with Crippen LogP contribution < -0.4 is 10.1 Å². The molecule has 1 heterocycles. The number of alkyl halides is 1. The Kier molecular flexibility index (Phi) is 5.50. The van der Waals surface area contributed by atoms with E-state index in [1.807, 2.05) is 54.3 Å². The van der Waals surface area contributed by atoms with Crippen molar-refractivity contribution >= 4 is 23.4 Å². The Hall–Kier alpha value is -2.53. The molecule has 2 amide bonds. The second kappa shape index (κ2) is 8.07. The summed E-state index contributed by atoms with van der Waals surface area (Å²) in [7, 11) is 1.65. The van der Waals surface area contributed by atoms with E-state index in [9.17, 15) is 9.59 Å². The molecule has 1 aliphatic carbocycles. The van der Waals surface area contributed by atoms with Gasteiger partial charge in [0.2, 0.25) is 5.91 Å². The summed E-state index contributed by atoms with van der Waals surface area (Å²) in [5.41, 5.74) is 3.83. The summed E-state index contributed by atoms with van der Waals surface area (Å²) < 4.78 is 5.38. The van der Waals surface area contributed by atoms with Gasteiger partial charge in [0.1, 0.15) is 11.6 Å². The van der Waals surface area contributed by atoms with E-state index in [2.05, 4.69) is 5.32 Å². The third-order valence-corrected chi connectivity index (χ3v) is 5.95. The van der Waals surface area contributed by atoms with Crippen molar-refractivity contribution in [1.29, 1.82) is 0 Å². The third kappa shape index (κ3) is 3.97. The van der Waals surface area contributed by atoms with E-state index in [1.54, 1.807) is 7.11 Å². The Labute approximate surface area is 176 Å². The normalized spacial score (nSPS) is 20.7. The Morgan fingerprint density at radius 3 is 2.52 bits per heavy atom. The molecule has 0 radical (unpaired) electrons. The Balaban J connectivity index is 1.71. The minimum Gasteiger partial charge on any atom is -0.497 e. The van der Waals surface area contributed by atoms with Gasteiger partial charge in [0, 0.05) is 17.6 Å². The first kappa shape index (κ1) is 19.8. The predicted octanol–water partition coefficient (Wildman–Crippen LogP) is 3.69. The lowest BCUT2D eigenvalue weighted by atomic mass is 9.84. The second-order valence-electron chi connectivity index (χ2n) is 7.82. The molecule has 1 N–H and O–H groups in total. The van der Waals surface area contributed by atoms with Crippen molar-refractivity contribution in [3.63, 3.8) is 0 Å². The molecule has 29 heavy (non-hydrogen) atoms. The Morgan fingerprint density at radius 1 is 1.17 bits per heavy atom. The average Bonchev–Trinajstić information content (AvgIpc) is 3.55. The van der Waals surface area contributed by atoms with Gasteiger partial charge in [0.15, 0.2) is 0 Å². The topological polar surface area (TPSA) is 58.6 Å². The van der Waals surface area contributed by atoms with Crippen LogP contribution in [0.15, 0.2) is 42.5 Å². The molecule has 2 aromatic carbocycles. The van der Waals surface area contributed by atoms with Gasteiger partial charge in [-0.2, -0.15) is 0 Å². The van der Waals surface area contributed by atoms with Crippen molar-refractivity contribution in [2.75, 3.05) is 13.0 Å². The molecule has 0 spiro atoms. The van der Waals surface area contributed by atoms with Gasteiger partial charge < -0.3 is 15.0 Å². The highest BCUT2D eigenvalue weighted by atomic mass is 35.5. The van der Waals surface area contributed by atoms with Gasteiger partial charge >= 0.3 is 0 Å². The molecular weight excluding hydrogens is 388 g/mol. The number of benzene rings is 2. The number of fused-ring (bicyclic) bond motifs is 1. The van der Waals surface area contributed by atoms with Crippen LogP contribution in [-0.2, 0) is 11.2 Å². The van der Waals surface area contributed by atoms with Crippen LogP contribution in [0.25, 0.3) is 0 Å². The third-order valence-electron chi connectivity index (χ3n) is 5.72. The van der Waals surface area contributed by atoms with Crippen LogP contribution >= 0.6 is 11.6 Å². The number of amides is 2. The van der Waals surface area contributed by atoms with E-state index in [4.69, 9.17) is 16.3 Å². The molecule has 0 saturated heterocycles. The molecule has 0 unspecified atom stereocenters. The summed E-state index contributed by atoms with van der Waals surface area (Å²) in [6, 6.07) is 13.6. The Morgan fingerprint density at radius 2 is 1.90 bits per heavy atom. The van der Waals surface area contributed by atoms with Crippen molar-refractivity contribution in [1.82, 2.24) is 10.2 Å². The molecule has 1 fully saturated rings. The largest absolute Gasteiger partial charge is 0.497 e. The van der Waals surface area contributed by atoms with Crippen molar-refractivity contribution in [2.45, 2.75) is 44.3 Å². The zero-order valence-electron chi connectivity index (χ0n) is 16.7. The first-order valence-corrected chi connectivity index (χ1v) is 10.5. The minimum absolute atomic E-state index is 0.00342. The number of halogens is 1. The van der Waals surface area contributed by atoms with Gasteiger partial charge in [-0.3, -0.25) is 9.59 Å². The number of carbonyl (C=O) groups is 2. The van der Waals surface area contributed by atoms with Crippen LogP contribution in [-0.4, -0.2) is 41.8 Å². The van der Waals surface area contributed by atoms with Gasteiger partial charge in [-0.1, -0.05) is 18.2 Å². The first-order chi connectivity index (χ1) is 14.0. The molecule has 2 atom stereocenters. The van der Waals surface area contributed by atoms with Crippen molar-refractivity contribution in [3.05, 3.63) is 64.7 Å². The fourth-order valence-corrected chi connectivity index (χ4v) is 4.22. The van der Waals surface area contributed by atoms with Gasteiger partial charge in [-0.25, -0.2) is 0 Å². The number of carbonyl (C=O) groups excluding carboxylic acids is 2. The van der Waals surface area contributed by atoms with Crippen LogP contribution in [0.5, 0.6) is 5.75 Å². The van der Waals surface area contributed by atoms with E-state index in [0.29, 0.717) is 11.6 Å². The number of nitrogens with one attached hydrogen (secondary N) is 1. The van der Waals surface area contributed by atoms with Crippen LogP contribution in [0.2, 0.25) is 0 Å². The fourth-order valence-electron chi connectivity index (χ4n) is 4.09. The zero-order valence-corrected chi connectivity index (χ0v) is 17.4. The molecule has 0 aromatic heterocycles. The van der Waals surface area contributed by atoms with Gasteiger partial charge in [-0.05, 0) is 67.1 Å². The number of hydrogen-bond acceptors (Lipinski definition) is 3. The lowest BCUT2D eigenvalue weighted by Gasteiger charge is -2.42. The maximum atomic E-state index is 12.7. The zero-order chi connectivity index (χ0) is 20.5. The summed E-state index contributed by atoms with van der Waals surface area (Å²) >= 11 is 5.94. The number of nitrogens with zero attached hydrogens (tertiary/aromatic N) is 1. The van der Waals surface area contributed by atoms with Crippen LogP contribution in [0.1, 0.15) is 52.9 Å². The SMILES string of the molecule is COc1ccc2c(c1)C[C@H](C)N(C(=O)CCl)[C@H]2c1ccc(C(=O)NC2CC2)cc1. The fraction of sp³-hybridized carbons (Fsp3) is 0.391. The van der Waals surface area contributed by atoms with Crippen molar-refractivity contribution in [3.8, 4) is 5.75 Å². The molecule has 5 nitrogen and oxygen atoms in total. The maximum absolute atomic E-state index is 12.7. The van der Waals surface area contributed by atoms with E-state index < -0.39 is 0 Å². The smallest absolute Gasteiger partial charge is 0.251 e. The Bertz CT molecular complexity index is 924. The highest BCUT2D eigenvalue weighted by molar-refractivity contribution is 6.27. The monoisotopic (exact) mass is 412 g/mol. The van der Waals surface area contributed by atoms with Crippen LogP contribution in [0.3, 0.4) is 0 Å². The van der Waals surface area contributed by atoms with Crippen LogP contribution in [0.4, 0.5) is 0 Å². The average molecular weight is 413 g/mol. The molecule has 1 aliphatic heterocycles. The lowest BCUT2D eigenvalue weighted by molar-refractivity contribution is -0.132. The van der Waals surface area contributed by atoms with Gasteiger partial charge in [0.05, 0.1) is 13.2 Å². The molecule has 0 bridgehead atoms. The first-order valence-electron chi connectivity index (χ1n) is 9.96. The predicted molar refractivity (Wildman–Crippen MR) is 112 cm³/mol. The number of hydrogen-bond donors (Lipinski definition) is 1. The van der Waals surface area contributed by atoms with Crippen molar-refractivity contribution in [2.24, 2.45) is 0 Å². The highest BCUT2D eigenvalue weighted by Gasteiger charge is 2.36. The second-order valence-corrected chi connectivity index (χ2v) is 8.09. The molecule has 6 heteroatoms. The summed E-state index contributed by atoms with van der Waals surface area (Å²) in [5, 5.41) is 3.01. The number of rotatable bonds is 5. The number of ether oxygens (including phenoxy) is 1. The summed E-state index contributed by atoms with van der Waals surface area (Å²) in [4.78, 5) is 26.9. The van der Waals surface area contributed by atoms with E-state index in [0.717, 1.165) is 41.7 Å². The summed E-state index contributed by atoms with van der Waals surface area (Å²) in [6.45, 7) is 2.04. The van der Waals surface area contributed by atoms with Crippen LogP contribution in [0, 0.1) is 0 Å². The van der Waals surface area contributed by atoms with E-state index >= 15 is 0 Å². The highest BCUT2D eigenvalue weighted by Crippen LogP contribution is 2.39. The molecule has 1 saturated carbocycles. The van der Waals surface area contributed by atoms with E-state index in [-0.39, 0.29) is 29.8 Å². The molecule has 2 aromatic rings. The van der Waals surface area contributed by atoms with Gasteiger partial charge in [0.25, 0.3) is 5.91 Å². The molecule has 152 valence electrons. The quantitative estimate of drug-likeness (QED) is 0.762. The molecular formula is C23H25ClN2O3. The molecule has 4 rings (SSSR count). The van der Waals surface area contributed by atoms with Gasteiger partial charge in [-0.15, -0.1) is 11.6 Å². The standard InChI is InChI=1S/C23H25ClN2O3/c1-14-11-17-12-19(29-2)9-10-20(17)22(26(14)21(27)13-24)15-3-5-16(6-4-15)23(28)25-18-7-8-18/h3-6,9-10,12,14,18,22H,7-8,11,13H2,1-2H3,(H,25,28)/t14-,22-/m0/s1.